The van der Waals surface area contributed by atoms with Crippen molar-refractivity contribution >= 4 is 15.7 Å². The van der Waals surface area contributed by atoms with Crippen molar-refractivity contribution in [2.75, 3.05) is 13.1 Å². The van der Waals surface area contributed by atoms with Crippen molar-refractivity contribution < 1.29 is 13.3 Å². The summed E-state index contributed by atoms with van der Waals surface area (Å²) in [7, 11) is -3.91. The van der Waals surface area contributed by atoms with Crippen LogP contribution in [0, 0.1) is 24.0 Å². The molecule has 8 heteroatoms. The number of aryl methyl sites for hydroxylation is 2. The molecule has 1 aromatic carbocycles. The van der Waals surface area contributed by atoms with Gasteiger partial charge in [-0.15, -0.1) is 0 Å². The van der Waals surface area contributed by atoms with Crippen LogP contribution >= 0.6 is 0 Å². The minimum absolute atomic E-state index is 0.232. The van der Waals surface area contributed by atoms with Gasteiger partial charge in [0.15, 0.2) is 4.90 Å². The standard InChI is InChI=1S/C13H19N3O4S/c1-9-6-12(16(17)18)13(7-10(9)2)21(19,20)15-11-4-3-5-14-8-11/h6-7,11,14-15H,3-5,8H2,1-2H3/t11-/m1/s1. The maximum absolute atomic E-state index is 12.4. The molecule has 0 aromatic heterocycles. The highest BCUT2D eigenvalue weighted by molar-refractivity contribution is 7.89. The van der Waals surface area contributed by atoms with E-state index in [0.29, 0.717) is 17.7 Å². The second kappa shape index (κ2) is 6.08. The van der Waals surface area contributed by atoms with Crippen molar-refractivity contribution in [1.82, 2.24) is 10.0 Å². The molecular weight excluding hydrogens is 294 g/mol. The highest BCUT2D eigenvalue weighted by Crippen LogP contribution is 2.27. The minimum Gasteiger partial charge on any atom is -0.315 e. The van der Waals surface area contributed by atoms with Gasteiger partial charge < -0.3 is 5.32 Å². The van der Waals surface area contributed by atoms with E-state index in [1.54, 1.807) is 13.8 Å². The molecule has 1 aliphatic heterocycles. The van der Waals surface area contributed by atoms with E-state index in [0.717, 1.165) is 19.4 Å². The first kappa shape index (κ1) is 15.9. The van der Waals surface area contributed by atoms with E-state index in [1.165, 1.54) is 12.1 Å². The molecule has 0 bridgehead atoms. The van der Waals surface area contributed by atoms with E-state index < -0.39 is 14.9 Å². The molecule has 116 valence electrons. The first-order valence-corrected chi connectivity index (χ1v) is 8.28. The maximum Gasteiger partial charge on any atom is 0.289 e. The SMILES string of the molecule is Cc1cc([N+](=O)[O-])c(S(=O)(=O)N[C@@H]2CCCNC2)cc1C. The van der Waals surface area contributed by atoms with Gasteiger partial charge in [0.2, 0.25) is 10.0 Å². The van der Waals surface area contributed by atoms with Crippen LogP contribution in [0.2, 0.25) is 0 Å². The zero-order chi connectivity index (χ0) is 15.6. The monoisotopic (exact) mass is 313 g/mol. The van der Waals surface area contributed by atoms with E-state index in [-0.39, 0.29) is 16.6 Å². The van der Waals surface area contributed by atoms with Gasteiger partial charge in [0.25, 0.3) is 5.69 Å². The molecule has 0 radical (unpaired) electrons. The van der Waals surface area contributed by atoms with Crippen LogP contribution in [-0.2, 0) is 10.0 Å². The molecule has 1 atom stereocenters. The summed E-state index contributed by atoms with van der Waals surface area (Å²) in [6.45, 7) is 4.86. The smallest absolute Gasteiger partial charge is 0.289 e. The van der Waals surface area contributed by atoms with Crippen LogP contribution in [0.4, 0.5) is 5.69 Å². The van der Waals surface area contributed by atoms with Crippen LogP contribution in [0.1, 0.15) is 24.0 Å². The average Bonchev–Trinajstić information content (AvgIpc) is 2.41. The summed E-state index contributed by atoms with van der Waals surface area (Å²) in [6, 6.07) is 2.44. The number of benzene rings is 1. The Morgan fingerprint density at radius 3 is 2.57 bits per heavy atom. The summed E-state index contributed by atoms with van der Waals surface area (Å²) in [6.07, 6.45) is 1.60. The Balaban J connectivity index is 2.38. The highest BCUT2D eigenvalue weighted by Gasteiger charge is 2.29. The Morgan fingerprint density at radius 2 is 2.00 bits per heavy atom. The summed E-state index contributed by atoms with van der Waals surface area (Å²) in [5, 5.41) is 14.2. The largest absolute Gasteiger partial charge is 0.315 e. The van der Waals surface area contributed by atoms with Crippen LogP contribution in [0.5, 0.6) is 0 Å². The van der Waals surface area contributed by atoms with Gasteiger partial charge >= 0.3 is 0 Å². The van der Waals surface area contributed by atoms with Crippen molar-refractivity contribution in [1.29, 1.82) is 0 Å². The quantitative estimate of drug-likeness (QED) is 0.643. The van der Waals surface area contributed by atoms with E-state index in [1.807, 2.05) is 0 Å². The van der Waals surface area contributed by atoms with Crippen LogP contribution < -0.4 is 10.0 Å². The third kappa shape index (κ3) is 3.58. The zero-order valence-electron chi connectivity index (χ0n) is 12.0. The molecule has 0 unspecified atom stereocenters. The van der Waals surface area contributed by atoms with Gasteiger partial charge in [0, 0.05) is 18.7 Å². The predicted octanol–water partition coefficient (Wildman–Crippen LogP) is 1.24. The number of piperidine rings is 1. The molecule has 7 nitrogen and oxygen atoms in total. The number of sulfonamides is 1. The van der Waals surface area contributed by atoms with Gasteiger partial charge in [-0.25, -0.2) is 13.1 Å². The van der Waals surface area contributed by atoms with Crippen LogP contribution in [0.3, 0.4) is 0 Å². The Morgan fingerprint density at radius 1 is 1.33 bits per heavy atom. The fourth-order valence-electron chi connectivity index (χ4n) is 2.37. The Bertz CT molecular complexity index is 652. The molecule has 0 saturated carbocycles. The molecule has 1 fully saturated rings. The topological polar surface area (TPSA) is 101 Å². The number of nitro groups is 1. The first-order valence-electron chi connectivity index (χ1n) is 6.80. The second-order valence-electron chi connectivity index (χ2n) is 5.33. The first-order chi connectivity index (χ1) is 9.81. The fraction of sp³-hybridized carbons (Fsp3) is 0.538. The summed E-state index contributed by atoms with van der Waals surface area (Å²) in [5.41, 5.74) is 1.03. The Labute approximate surface area is 123 Å². The number of hydrogen-bond acceptors (Lipinski definition) is 5. The Hall–Kier alpha value is -1.51. The lowest BCUT2D eigenvalue weighted by Crippen LogP contribution is -2.45. The van der Waals surface area contributed by atoms with Gasteiger partial charge in [0.1, 0.15) is 0 Å². The lowest BCUT2D eigenvalue weighted by atomic mass is 10.1. The summed E-state index contributed by atoms with van der Waals surface area (Å²) in [5.74, 6) is 0. The number of nitrogens with zero attached hydrogens (tertiary/aromatic N) is 1. The molecule has 2 N–H and O–H groups in total. The van der Waals surface area contributed by atoms with Gasteiger partial charge in [-0.2, -0.15) is 0 Å². The average molecular weight is 313 g/mol. The summed E-state index contributed by atoms with van der Waals surface area (Å²) < 4.78 is 27.5. The van der Waals surface area contributed by atoms with E-state index in [4.69, 9.17) is 0 Å². The molecular formula is C13H19N3O4S. The molecule has 1 aromatic rings. The van der Waals surface area contributed by atoms with Gasteiger partial charge in [-0.3, -0.25) is 10.1 Å². The predicted molar refractivity (Wildman–Crippen MR) is 78.8 cm³/mol. The van der Waals surface area contributed by atoms with Gasteiger partial charge in [0.05, 0.1) is 4.92 Å². The molecule has 0 amide bonds. The molecule has 1 heterocycles. The van der Waals surface area contributed by atoms with Crippen molar-refractivity contribution in [2.45, 2.75) is 37.6 Å². The third-order valence-corrected chi connectivity index (χ3v) is 5.23. The van der Waals surface area contributed by atoms with Gasteiger partial charge in [-0.1, -0.05) is 0 Å². The Kier molecular flexibility index (Phi) is 4.60. The van der Waals surface area contributed by atoms with Crippen molar-refractivity contribution in [3.8, 4) is 0 Å². The lowest BCUT2D eigenvalue weighted by Gasteiger charge is -2.23. The fourth-order valence-corrected chi connectivity index (χ4v) is 3.88. The third-order valence-electron chi connectivity index (χ3n) is 3.68. The van der Waals surface area contributed by atoms with E-state index in [2.05, 4.69) is 10.0 Å². The lowest BCUT2D eigenvalue weighted by molar-refractivity contribution is -0.387. The van der Waals surface area contributed by atoms with Crippen LogP contribution in [0.25, 0.3) is 0 Å². The van der Waals surface area contributed by atoms with E-state index in [9.17, 15) is 18.5 Å². The maximum atomic E-state index is 12.4. The second-order valence-corrected chi connectivity index (χ2v) is 7.01. The van der Waals surface area contributed by atoms with Crippen molar-refractivity contribution in [3.05, 3.63) is 33.4 Å². The number of rotatable bonds is 4. The summed E-state index contributed by atoms with van der Waals surface area (Å²) >= 11 is 0. The molecule has 2 rings (SSSR count). The number of nitrogens with one attached hydrogen (secondary N) is 2. The highest BCUT2D eigenvalue weighted by atomic mass is 32.2. The van der Waals surface area contributed by atoms with Crippen molar-refractivity contribution in [3.63, 3.8) is 0 Å². The summed E-state index contributed by atoms with van der Waals surface area (Å²) in [4.78, 5) is 10.2. The minimum atomic E-state index is -3.91. The molecule has 0 spiro atoms. The van der Waals surface area contributed by atoms with Crippen LogP contribution in [0.15, 0.2) is 17.0 Å². The molecule has 1 aliphatic rings. The molecule has 1 saturated heterocycles. The number of hydrogen-bond donors (Lipinski definition) is 2. The van der Waals surface area contributed by atoms with Crippen LogP contribution in [-0.4, -0.2) is 32.5 Å². The van der Waals surface area contributed by atoms with E-state index >= 15 is 0 Å². The van der Waals surface area contributed by atoms with Crippen molar-refractivity contribution in [2.24, 2.45) is 0 Å². The normalized spacial score (nSPS) is 19.4. The molecule has 21 heavy (non-hydrogen) atoms. The van der Waals surface area contributed by atoms with Gasteiger partial charge in [-0.05, 0) is 50.4 Å². The number of nitro benzene ring substituents is 1. The zero-order valence-corrected chi connectivity index (χ0v) is 12.9. The molecule has 0 aliphatic carbocycles.